The summed E-state index contributed by atoms with van der Waals surface area (Å²) in [5, 5.41) is 9.28. The Balaban J connectivity index is 0.00000196. The maximum absolute atomic E-state index is 10.5. The summed E-state index contributed by atoms with van der Waals surface area (Å²) in [4.78, 5) is 10.5. The van der Waals surface area contributed by atoms with Gasteiger partial charge in [-0.15, -0.1) is 12.4 Å². The molecule has 6 heteroatoms. The lowest BCUT2D eigenvalue weighted by Crippen LogP contribution is -2.32. The first-order valence-electron chi connectivity index (χ1n) is 3.93. The number of nitrogens with two attached hydrogens (primary N) is 1. The van der Waals surface area contributed by atoms with E-state index in [0.29, 0.717) is 11.4 Å². The van der Waals surface area contributed by atoms with Crippen LogP contribution in [0.4, 0.5) is 0 Å². The molecule has 0 amide bonds. The van der Waals surface area contributed by atoms with E-state index in [1.165, 1.54) is 0 Å². The number of hydrogen-bond donors (Lipinski definition) is 2. The molecule has 0 aromatic heterocycles. The summed E-state index contributed by atoms with van der Waals surface area (Å²) in [7, 11) is 0. The number of benzene rings is 1. The monoisotopic (exact) mass is 361 g/mol. The van der Waals surface area contributed by atoms with E-state index in [1.807, 2.05) is 6.07 Å². The zero-order valence-electron chi connectivity index (χ0n) is 7.61. The normalized spacial score (nSPS) is 11.7. The highest BCUT2D eigenvalue weighted by Gasteiger charge is 2.12. The predicted octanol–water partition coefficient (Wildman–Crippen LogP) is 2.32. The van der Waals surface area contributed by atoms with Crippen molar-refractivity contribution in [3.8, 4) is 0 Å². The van der Waals surface area contributed by atoms with E-state index in [0.717, 1.165) is 9.13 Å². The van der Waals surface area contributed by atoms with Gasteiger partial charge in [0.2, 0.25) is 0 Å². The first-order chi connectivity index (χ1) is 6.50. The number of carbonyl (C=O) groups is 1. The Hall–Kier alpha value is -0.0400. The second kappa shape index (κ2) is 6.52. The van der Waals surface area contributed by atoms with E-state index in [1.54, 1.807) is 12.1 Å². The van der Waals surface area contributed by atoms with Crippen LogP contribution in [0.3, 0.4) is 0 Å². The minimum absolute atomic E-state index is 0. The molecule has 0 aliphatic heterocycles. The summed E-state index contributed by atoms with van der Waals surface area (Å²) in [6, 6.07) is 4.51. The average Bonchev–Trinajstić information content (AvgIpc) is 2.11. The van der Waals surface area contributed by atoms with Crippen LogP contribution in [0, 0.1) is 3.57 Å². The van der Waals surface area contributed by atoms with E-state index in [4.69, 9.17) is 22.4 Å². The first-order valence-corrected chi connectivity index (χ1v) is 5.38. The van der Waals surface area contributed by atoms with Crippen LogP contribution in [-0.4, -0.2) is 17.1 Å². The molecule has 3 N–H and O–H groups in total. The van der Waals surface area contributed by atoms with Crippen LogP contribution < -0.4 is 5.73 Å². The molecule has 0 spiro atoms. The second-order valence-corrected chi connectivity index (χ2v) is 4.47. The van der Waals surface area contributed by atoms with Crippen LogP contribution in [0.2, 0.25) is 5.02 Å². The Labute approximate surface area is 113 Å². The summed E-state index contributed by atoms with van der Waals surface area (Å²) < 4.78 is 0.902. The Kier molecular flexibility index (Phi) is 6.51. The SMILES string of the molecule is Cl.N[C@@H](Cc1ccc(Cl)c(I)c1)C(=O)O. The molecule has 0 unspecified atom stereocenters. The summed E-state index contributed by atoms with van der Waals surface area (Å²) in [5.41, 5.74) is 6.28. The Morgan fingerprint density at radius 1 is 1.60 bits per heavy atom. The summed E-state index contributed by atoms with van der Waals surface area (Å²) >= 11 is 7.92. The molecule has 0 aliphatic carbocycles. The fourth-order valence-electron chi connectivity index (χ4n) is 1.01. The third kappa shape index (κ3) is 4.55. The summed E-state index contributed by atoms with van der Waals surface area (Å²) in [6.45, 7) is 0. The number of halogens is 3. The topological polar surface area (TPSA) is 63.3 Å². The van der Waals surface area contributed by atoms with Crippen molar-refractivity contribution < 1.29 is 9.90 Å². The van der Waals surface area contributed by atoms with Gasteiger partial charge in [0, 0.05) is 3.57 Å². The lowest BCUT2D eigenvalue weighted by atomic mass is 10.1. The fourth-order valence-corrected chi connectivity index (χ4v) is 1.71. The second-order valence-electron chi connectivity index (χ2n) is 2.90. The molecule has 0 heterocycles. The first kappa shape index (κ1) is 15.0. The predicted molar refractivity (Wildman–Crippen MR) is 70.7 cm³/mol. The van der Waals surface area contributed by atoms with Crippen molar-refractivity contribution in [2.75, 3.05) is 0 Å². The van der Waals surface area contributed by atoms with E-state index < -0.39 is 12.0 Å². The van der Waals surface area contributed by atoms with E-state index >= 15 is 0 Å². The van der Waals surface area contributed by atoms with Gasteiger partial charge in [0.1, 0.15) is 6.04 Å². The smallest absolute Gasteiger partial charge is 0.320 e. The van der Waals surface area contributed by atoms with Gasteiger partial charge in [-0.2, -0.15) is 0 Å². The molecule has 1 rings (SSSR count). The molecule has 1 aromatic rings. The molecular formula is C9H10Cl2INO2. The maximum atomic E-state index is 10.5. The highest BCUT2D eigenvalue weighted by molar-refractivity contribution is 14.1. The Morgan fingerprint density at radius 3 is 2.67 bits per heavy atom. The van der Waals surface area contributed by atoms with Crippen molar-refractivity contribution in [1.82, 2.24) is 0 Å². The molecule has 0 bridgehead atoms. The maximum Gasteiger partial charge on any atom is 0.320 e. The zero-order chi connectivity index (χ0) is 10.7. The highest BCUT2D eigenvalue weighted by atomic mass is 127. The van der Waals surface area contributed by atoms with Crippen molar-refractivity contribution in [3.05, 3.63) is 32.4 Å². The molecule has 84 valence electrons. The largest absolute Gasteiger partial charge is 0.480 e. The third-order valence-corrected chi connectivity index (χ3v) is 3.30. The quantitative estimate of drug-likeness (QED) is 0.812. The van der Waals surface area contributed by atoms with E-state index in [2.05, 4.69) is 22.6 Å². The van der Waals surface area contributed by atoms with Crippen molar-refractivity contribution in [3.63, 3.8) is 0 Å². The summed E-state index contributed by atoms with van der Waals surface area (Å²) in [6.07, 6.45) is 0.322. The van der Waals surface area contributed by atoms with Gasteiger partial charge >= 0.3 is 5.97 Å². The average molecular weight is 362 g/mol. The molecule has 15 heavy (non-hydrogen) atoms. The van der Waals surface area contributed by atoms with Crippen molar-refractivity contribution in [2.45, 2.75) is 12.5 Å². The standard InChI is InChI=1S/C9H9ClINO2.ClH/c10-6-2-1-5(3-7(6)11)4-8(12)9(13)14;/h1-3,8H,4,12H2,(H,13,14);1H/t8-;/m0./s1. The lowest BCUT2D eigenvalue weighted by molar-refractivity contribution is -0.138. The molecule has 0 saturated heterocycles. The molecular weight excluding hydrogens is 352 g/mol. The van der Waals surface area contributed by atoms with Crippen molar-refractivity contribution >= 4 is 52.6 Å². The summed E-state index contributed by atoms with van der Waals surface area (Å²) in [5.74, 6) is -0.991. The van der Waals surface area contributed by atoms with Gasteiger partial charge < -0.3 is 10.8 Å². The van der Waals surface area contributed by atoms with Crippen LogP contribution >= 0.6 is 46.6 Å². The number of rotatable bonds is 3. The molecule has 0 aliphatic rings. The fraction of sp³-hybridized carbons (Fsp3) is 0.222. The molecule has 0 radical (unpaired) electrons. The third-order valence-electron chi connectivity index (χ3n) is 1.76. The molecule has 3 nitrogen and oxygen atoms in total. The number of hydrogen-bond acceptors (Lipinski definition) is 2. The highest BCUT2D eigenvalue weighted by Crippen LogP contribution is 2.19. The number of aliphatic carboxylic acids is 1. The van der Waals surface area contributed by atoms with Gasteiger partial charge in [-0.25, -0.2) is 0 Å². The van der Waals surface area contributed by atoms with E-state index in [9.17, 15) is 4.79 Å². The molecule has 1 atom stereocenters. The van der Waals surface area contributed by atoms with Crippen LogP contribution in [0.1, 0.15) is 5.56 Å². The minimum atomic E-state index is -0.991. The van der Waals surface area contributed by atoms with Crippen LogP contribution in [0.25, 0.3) is 0 Å². The molecule has 0 fully saturated rings. The zero-order valence-corrected chi connectivity index (χ0v) is 11.3. The molecule has 0 saturated carbocycles. The van der Waals surface area contributed by atoms with Gasteiger partial charge in [0.05, 0.1) is 5.02 Å². The number of carboxylic acids is 1. The van der Waals surface area contributed by atoms with Gasteiger partial charge in [-0.3, -0.25) is 4.79 Å². The number of carboxylic acid groups (broad SMARTS) is 1. The Bertz CT molecular complexity index is 360. The Morgan fingerprint density at radius 2 is 2.20 bits per heavy atom. The van der Waals surface area contributed by atoms with Gasteiger partial charge in [0.15, 0.2) is 0 Å². The van der Waals surface area contributed by atoms with Crippen molar-refractivity contribution in [1.29, 1.82) is 0 Å². The van der Waals surface area contributed by atoms with Gasteiger partial charge in [-0.1, -0.05) is 17.7 Å². The van der Waals surface area contributed by atoms with Crippen molar-refractivity contribution in [2.24, 2.45) is 5.73 Å². The van der Waals surface area contributed by atoms with E-state index in [-0.39, 0.29) is 12.4 Å². The van der Waals surface area contributed by atoms with Crippen LogP contribution in [-0.2, 0) is 11.2 Å². The van der Waals surface area contributed by atoms with Crippen LogP contribution in [0.15, 0.2) is 18.2 Å². The van der Waals surface area contributed by atoms with Gasteiger partial charge in [0.25, 0.3) is 0 Å². The van der Waals surface area contributed by atoms with Gasteiger partial charge in [-0.05, 0) is 46.7 Å². The van der Waals surface area contributed by atoms with Crippen LogP contribution in [0.5, 0.6) is 0 Å². The molecule has 1 aromatic carbocycles. The lowest BCUT2D eigenvalue weighted by Gasteiger charge is -2.07. The minimum Gasteiger partial charge on any atom is -0.480 e.